The number of amides is 1. The van der Waals surface area contributed by atoms with Crippen LogP contribution in [-0.2, 0) is 9.53 Å². The highest BCUT2D eigenvalue weighted by molar-refractivity contribution is 5.81. The van der Waals surface area contributed by atoms with Gasteiger partial charge in [0.25, 0.3) is 0 Å². The molecule has 0 aromatic carbocycles. The largest absolute Gasteiger partial charge is 0.471 e. The van der Waals surface area contributed by atoms with Crippen LogP contribution in [0.25, 0.3) is 0 Å². The summed E-state index contributed by atoms with van der Waals surface area (Å²) >= 11 is 0. The van der Waals surface area contributed by atoms with E-state index in [0.717, 1.165) is 31.6 Å². The maximum Gasteiger partial charge on any atom is 0.471 e. The van der Waals surface area contributed by atoms with Crippen molar-refractivity contribution in [3.05, 3.63) is 0 Å². The Balaban J connectivity index is 1.60. The number of nitrogens with one attached hydrogen (secondary N) is 1. The van der Waals surface area contributed by atoms with E-state index in [1.807, 2.05) is 0 Å². The summed E-state index contributed by atoms with van der Waals surface area (Å²) in [5.41, 5.74) is 0. The number of alkyl halides is 3. The van der Waals surface area contributed by atoms with Gasteiger partial charge in [-0.3, -0.25) is 4.79 Å². The topological polar surface area (TPSA) is 58.6 Å². The van der Waals surface area contributed by atoms with Crippen LogP contribution in [0.1, 0.15) is 64.2 Å². The molecule has 2 aliphatic rings. The number of hydrogen-bond donors (Lipinski definition) is 2. The number of aliphatic hydroxyl groups is 1. The zero-order valence-corrected chi connectivity index (χ0v) is 14.0. The van der Waals surface area contributed by atoms with Crippen molar-refractivity contribution in [3.8, 4) is 0 Å². The third kappa shape index (κ3) is 6.24. The average Bonchev–Trinajstić information content (AvgIpc) is 3.02. The summed E-state index contributed by atoms with van der Waals surface area (Å²) in [5, 5.41) is 11.8. The van der Waals surface area contributed by atoms with Gasteiger partial charge in [-0.1, -0.05) is 32.1 Å². The number of ether oxygens (including phenoxy) is 1. The maximum atomic E-state index is 12.1. The highest BCUT2D eigenvalue weighted by Crippen LogP contribution is 2.32. The van der Waals surface area contributed by atoms with E-state index in [9.17, 15) is 23.1 Å². The molecule has 1 saturated heterocycles. The molecule has 4 nitrogen and oxygen atoms in total. The number of carbonyl (C=O) groups excluding carboxylic acids is 1. The Bertz CT molecular complexity index is 397. The molecule has 1 saturated carbocycles. The van der Waals surface area contributed by atoms with Gasteiger partial charge in [-0.2, -0.15) is 13.2 Å². The lowest BCUT2D eigenvalue weighted by atomic mass is 9.85. The fourth-order valence-corrected chi connectivity index (χ4v) is 3.75. The first-order valence-electron chi connectivity index (χ1n) is 9.05. The van der Waals surface area contributed by atoms with E-state index in [1.54, 1.807) is 5.32 Å². The molecule has 3 atom stereocenters. The Morgan fingerprint density at radius 2 is 1.83 bits per heavy atom. The molecule has 2 N–H and O–H groups in total. The van der Waals surface area contributed by atoms with E-state index in [0.29, 0.717) is 0 Å². The number of carbonyl (C=O) groups is 1. The van der Waals surface area contributed by atoms with Crippen LogP contribution in [0.5, 0.6) is 0 Å². The molecule has 0 bridgehead atoms. The van der Waals surface area contributed by atoms with Gasteiger partial charge in [0.05, 0.1) is 18.3 Å². The molecular weight excluding hydrogens is 323 g/mol. The lowest BCUT2D eigenvalue weighted by Gasteiger charge is -2.23. The Hall–Kier alpha value is -0.820. The van der Waals surface area contributed by atoms with Crippen molar-refractivity contribution >= 4 is 5.91 Å². The second-order valence-corrected chi connectivity index (χ2v) is 7.06. The van der Waals surface area contributed by atoms with Crippen LogP contribution in [-0.4, -0.2) is 42.0 Å². The number of rotatable bonds is 7. The van der Waals surface area contributed by atoms with Crippen LogP contribution in [0, 0.1) is 5.92 Å². The summed E-state index contributed by atoms with van der Waals surface area (Å²) in [6.07, 6.45) is 4.55. The van der Waals surface area contributed by atoms with Gasteiger partial charge in [-0.15, -0.1) is 0 Å². The van der Waals surface area contributed by atoms with Gasteiger partial charge in [0, 0.05) is 6.54 Å². The monoisotopic (exact) mass is 351 g/mol. The summed E-state index contributed by atoms with van der Waals surface area (Å²) in [7, 11) is 0. The first-order valence-corrected chi connectivity index (χ1v) is 9.05. The second-order valence-electron chi connectivity index (χ2n) is 7.06. The Labute approximate surface area is 141 Å². The van der Waals surface area contributed by atoms with Crippen molar-refractivity contribution in [2.24, 2.45) is 5.92 Å². The molecule has 0 spiro atoms. The van der Waals surface area contributed by atoms with Gasteiger partial charge in [0.15, 0.2) is 0 Å². The highest BCUT2D eigenvalue weighted by Gasteiger charge is 2.38. The molecule has 0 aromatic rings. The van der Waals surface area contributed by atoms with Gasteiger partial charge in [0.1, 0.15) is 0 Å². The molecule has 2 fully saturated rings. The van der Waals surface area contributed by atoms with Crippen LogP contribution in [0.2, 0.25) is 0 Å². The van der Waals surface area contributed by atoms with Crippen molar-refractivity contribution in [2.75, 3.05) is 6.54 Å². The second kappa shape index (κ2) is 9.04. The van der Waals surface area contributed by atoms with E-state index in [4.69, 9.17) is 4.74 Å². The molecule has 0 radical (unpaired) electrons. The van der Waals surface area contributed by atoms with Crippen LogP contribution in [0.4, 0.5) is 13.2 Å². The summed E-state index contributed by atoms with van der Waals surface area (Å²) < 4.78 is 42.0. The van der Waals surface area contributed by atoms with Crippen molar-refractivity contribution in [2.45, 2.75) is 88.7 Å². The predicted octanol–water partition coefficient (Wildman–Crippen LogP) is 3.32. The van der Waals surface area contributed by atoms with Gasteiger partial charge in [-0.25, -0.2) is 0 Å². The lowest BCUT2D eigenvalue weighted by Crippen LogP contribution is -2.39. The van der Waals surface area contributed by atoms with Crippen molar-refractivity contribution in [1.29, 1.82) is 0 Å². The molecule has 2 rings (SSSR count). The summed E-state index contributed by atoms with van der Waals surface area (Å²) in [6, 6.07) is 0. The third-order valence-corrected chi connectivity index (χ3v) is 5.17. The summed E-state index contributed by atoms with van der Waals surface area (Å²) in [5.74, 6) is -1.17. The Morgan fingerprint density at radius 1 is 1.12 bits per heavy atom. The fraction of sp³-hybridized carbons (Fsp3) is 0.941. The van der Waals surface area contributed by atoms with E-state index in [1.165, 1.54) is 32.1 Å². The molecular formula is C17H28F3NO3. The fourth-order valence-electron chi connectivity index (χ4n) is 3.75. The SMILES string of the molecule is O=C(NCCC(O)C1CCC(CCC2CCCCC2)O1)C(F)(F)F. The minimum atomic E-state index is -4.88. The first kappa shape index (κ1) is 19.5. The number of hydrogen-bond acceptors (Lipinski definition) is 3. The lowest BCUT2D eigenvalue weighted by molar-refractivity contribution is -0.173. The molecule has 140 valence electrons. The molecule has 1 aliphatic carbocycles. The van der Waals surface area contributed by atoms with Crippen LogP contribution >= 0.6 is 0 Å². The third-order valence-electron chi connectivity index (χ3n) is 5.17. The first-order chi connectivity index (χ1) is 11.4. The number of halogens is 3. The zero-order valence-electron chi connectivity index (χ0n) is 14.0. The molecule has 1 amide bonds. The smallest absolute Gasteiger partial charge is 0.390 e. The average molecular weight is 351 g/mol. The predicted molar refractivity (Wildman–Crippen MR) is 83.4 cm³/mol. The molecule has 1 heterocycles. The van der Waals surface area contributed by atoms with E-state index < -0.39 is 18.2 Å². The van der Waals surface area contributed by atoms with Crippen LogP contribution < -0.4 is 5.32 Å². The van der Waals surface area contributed by atoms with Crippen molar-refractivity contribution < 1.29 is 27.8 Å². The minimum Gasteiger partial charge on any atom is -0.390 e. The van der Waals surface area contributed by atoms with E-state index in [2.05, 4.69) is 0 Å². The maximum absolute atomic E-state index is 12.1. The molecule has 7 heteroatoms. The van der Waals surface area contributed by atoms with Gasteiger partial charge in [0.2, 0.25) is 0 Å². The van der Waals surface area contributed by atoms with Gasteiger partial charge < -0.3 is 15.2 Å². The standard InChI is InChI=1S/C17H28F3NO3/c18-17(19,20)16(23)21-11-10-14(22)15-9-8-13(24-15)7-6-12-4-2-1-3-5-12/h12-15,22H,1-11H2,(H,21,23). The quantitative estimate of drug-likeness (QED) is 0.740. The molecule has 3 unspecified atom stereocenters. The van der Waals surface area contributed by atoms with Crippen LogP contribution in [0.15, 0.2) is 0 Å². The Morgan fingerprint density at radius 3 is 2.50 bits per heavy atom. The van der Waals surface area contributed by atoms with Gasteiger partial charge in [-0.05, 0) is 38.0 Å². The van der Waals surface area contributed by atoms with E-state index in [-0.39, 0.29) is 25.2 Å². The van der Waals surface area contributed by atoms with Crippen LogP contribution in [0.3, 0.4) is 0 Å². The number of aliphatic hydroxyl groups excluding tert-OH is 1. The normalized spacial score (nSPS) is 27.2. The molecule has 0 aromatic heterocycles. The summed E-state index contributed by atoms with van der Waals surface area (Å²) in [6.45, 7) is -0.202. The molecule has 24 heavy (non-hydrogen) atoms. The van der Waals surface area contributed by atoms with Gasteiger partial charge >= 0.3 is 12.1 Å². The zero-order chi connectivity index (χ0) is 17.6. The highest BCUT2D eigenvalue weighted by atomic mass is 19.4. The summed E-state index contributed by atoms with van der Waals surface area (Å²) in [4.78, 5) is 10.7. The Kier molecular flexibility index (Phi) is 7.34. The van der Waals surface area contributed by atoms with Crippen molar-refractivity contribution in [1.82, 2.24) is 5.32 Å². The molecule has 1 aliphatic heterocycles. The van der Waals surface area contributed by atoms with E-state index >= 15 is 0 Å². The van der Waals surface area contributed by atoms with Crippen molar-refractivity contribution in [3.63, 3.8) is 0 Å². The minimum absolute atomic E-state index is 0.0713.